The Labute approximate surface area is 268 Å². The number of pyridine rings is 1. The molecule has 1 aliphatic heterocycles. The van der Waals surface area contributed by atoms with Gasteiger partial charge < -0.3 is 14.4 Å². The van der Waals surface area contributed by atoms with Crippen molar-refractivity contribution in [1.82, 2.24) is 9.47 Å². The Morgan fingerprint density at radius 2 is 1.36 bits per heavy atom. The molecule has 47 heavy (non-hydrogen) atoms. The molecular weight excluding hydrogens is 607 g/mol. The fraction of sp³-hybridized carbons (Fsp3) is 0.189. The van der Waals surface area contributed by atoms with Crippen molar-refractivity contribution >= 4 is 33.9 Å². The Hall–Kier alpha value is -5.51. The highest BCUT2D eigenvalue weighted by Gasteiger charge is 2.29. The number of benzene rings is 4. The number of halogens is 3. The van der Waals surface area contributed by atoms with Crippen molar-refractivity contribution in [3.63, 3.8) is 0 Å². The molecule has 0 aliphatic carbocycles. The molecule has 1 aromatic heterocycles. The van der Waals surface area contributed by atoms with Crippen LogP contribution >= 0.6 is 0 Å². The minimum atomic E-state index is -0.973. The Bertz CT molecular complexity index is 2040. The SMILES string of the molecule is O=C(CC(=O)c1cc(Cc2c(F)cccc2F)cn(Cc2ccccc2F)c1=O)C(=O)N1CCN(c2cccc3ccccc23)CC1. The summed E-state index contributed by atoms with van der Waals surface area (Å²) < 4.78 is 44.5. The van der Waals surface area contributed by atoms with Crippen LogP contribution in [-0.4, -0.2) is 53.1 Å². The van der Waals surface area contributed by atoms with Crippen LogP contribution in [0.3, 0.4) is 0 Å². The fourth-order valence-electron chi connectivity index (χ4n) is 5.95. The van der Waals surface area contributed by atoms with Gasteiger partial charge in [0.2, 0.25) is 5.78 Å². The van der Waals surface area contributed by atoms with Crippen molar-refractivity contribution in [3.8, 4) is 0 Å². The number of ketones is 2. The standard InChI is InChI=1S/C37H30F3N3O4/c38-30-11-4-2-8-26(30)23-43-22-24(19-28-31(39)12-6-13-32(28)40)20-29(36(43)46)34(44)21-35(45)37(47)42-17-15-41(16-18-42)33-14-5-9-25-7-1-3-10-27(25)33/h1-14,20,22H,15-19,21,23H2. The van der Waals surface area contributed by atoms with Crippen molar-refractivity contribution in [2.75, 3.05) is 31.1 Å². The zero-order valence-corrected chi connectivity index (χ0v) is 25.3. The molecule has 4 aromatic carbocycles. The Kier molecular flexibility index (Phi) is 9.01. The number of rotatable bonds is 9. The summed E-state index contributed by atoms with van der Waals surface area (Å²) in [7, 11) is 0. The maximum Gasteiger partial charge on any atom is 0.290 e. The minimum Gasteiger partial charge on any atom is -0.367 e. The van der Waals surface area contributed by atoms with Crippen molar-refractivity contribution < 1.29 is 27.6 Å². The summed E-state index contributed by atoms with van der Waals surface area (Å²) >= 11 is 0. The minimum absolute atomic E-state index is 0.149. The molecule has 7 nitrogen and oxygen atoms in total. The normalized spacial score (nSPS) is 13.2. The maximum absolute atomic E-state index is 14.5. The van der Waals surface area contributed by atoms with Gasteiger partial charge in [-0.15, -0.1) is 0 Å². The fourth-order valence-corrected chi connectivity index (χ4v) is 5.95. The first-order valence-electron chi connectivity index (χ1n) is 15.2. The molecule has 0 unspecified atom stereocenters. The summed E-state index contributed by atoms with van der Waals surface area (Å²) in [4.78, 5) is 56.6. The van der Waals surface area contributed by atoms with E-state index in [0.29, 0.717) is 13.1 Å². The van der Waals surface area contributed by atoms with Crippen molar-refractivity contribution in [2.24, 2.45) is 0 Å². The van der Waals surface area contributed by atoms with E-state index >= 15 is 0 Å². The summed E-state index contributed by atoms with van der Waals surface area (Å²) in [6.07, 6.45) is 0.124. The van der Waals surface area contributed by atoms with Crippen LogP contribution in [-0.2, 0) is 22.6 Å². The van der Waals surface area contributed by atoms with E-state index in [1.54, 1.807) is 6.07 Å². The molecule has 2 heterocycles. The van der Waals surface area contributed by atoms with Crippen LogP contribution in [0.5, 0.6) is 0 Å². The molecule has 6 rings (SSSR count). The van der Waals surface area contributed by atoms with Crippen molar-refractivity contribution in [3.05, 3.63) is 147 Å². The second-order valence-corrected chi connectivity index (χ2v) is 11.5. The lowest BCUT2D eigenvalue weighted by atomic mass is 10.0. The van der Waals surface area contributed by atoms with Gasteiger partial charge in [0.15, 0.2) is 5.78 Å². The number of hydrogen-bond acceptors (Lipinski definition) is 5. The first-order chi connectivity index (χ1) is 22.7. The number of aromatic nitrogens is 1. The van der Waals surface area contributed by atoms with Gasteiger partial charge in [-0.1, -0.05) is 60.7 Å². The number of nitrogens with zero attached hydrogens (tertiary/aromatic N) is 3. The quantitative estimate of drug-likeness (QED) is 0.120. The van der Waals surface area contributed by atoms with Crippen LogP contribution in [0, 0.1) is 17.5 Å². The highest BCUT2D eigenvalue weighted by Crippen LogP contribution is 2.27. The molecule has 1 fully saturated rings. The van der Waals surface area contributed by atoms with Gasteiger partial charge >= 0.3 is 0 Å². The second-order valence-electron chi connectivity index (χ2n) is 11.5. The summed E-state index contributed by atoms with van der Waals surface area (Å²) in [5.74, 6) is -4.93. The molecule has 0 radical (unpaired) electrons. The van der Waals surface area contributed by atoms with Crippen LogP contribution in [0.1, 0.15) is 33.5 Å². The Balaban J connectivity index is 1.20. The predicted molar refractivity (Wildman–Crippen MR) is 172 cm³/mol. The highest BCUT2D eigenvalue weighted by atomic mass is 19.1. The van der Waals surface area contributed by atoms with Gasteiger partial charge in [0.1, 0.15) is 17.5 Å². The van der Waals surface area contributed by atoms with Crippen LogP contribution in [0.2, 0.25) is 0 Å². The largest absolute Gasteiger partial charge is 0.367 e. The third-order valence-electron chi connectivity index (χ3n) is 8.42. The van der Waals surface area contributed by atoms with Crippen LogP contribution < -0.4 is 10.5 Å². The summed E-state index contributed by atoms with van der Waals surface area (Å²) in [6.45, 7) is 1.22. The third kappa shape index (κ3) is 6.72. The topological polar surface area (TPSA) is 79.7 Å². The molecule has 0 spiro atoms. The van der Waals surface area contributed by atoms with Crippen LogP contribution in [0.4, 0.5) is 18.9 Å². The number of amides is 1. The average molecular weight is 638 g/mol. The Morgan fingerprint density at radius 1 is 0.723 bits per heavy atom. The summed E-state index contributed by atoms with van der Waals surface area (Å²) in [6, 6.07) is 24.3. The van der Waals surface area contributed by atoms with Crippen LogP contribution in [0.25, 0.3) is 10.8 Å². The van der Waals surface area contributed by atoms with Gasteiger partial charge in [0.05, 0.1) is 18.5 Å². The number of Topliss-reactive ketones (excluding diaryl/α,β-unsaturated/α-hetero) is 2. The van der Waals surface area contributed by atoms with Gasteiger partial charge in [-0.05, 0) is 41.3 Å². The number of piperazine rings is 1. The van der Waals surface area contributed by atoms with E-state index in [2.05, 4.69) is 4.90 Å². The number of hydrogen-bond donors (Lipinski definition) is 0. The molecule has 1 saturated heterocycles. The number of carbonyl (C=O) groups is 3. The van der Waals surface area contributed by atoms with Gasteiger partial charge in [-0.2, -0.15) is 0 Å². The summed E-state index contributed by atoms with van der Waals surface area (Å²) in [5.41, 5.74) is -0.167. The van der Waals surface area contributed by atoms with E-state index in [4.69, 9.17) is 0 Å². The third-order valence-corrected chi connectivity index (χ3v) is 8.42. The maximum atomic E-state index is 14.5. The molecular formula is C37H30F3N3O4. The molecule has 238 valence electrons. The van der Waals surface area contributed by atoms with E-state index in [9.17, 15) is 32.3 Å². The number of anilines is 1. The number of carbonyl (C=O) groups excluding carboxylic acids is 3. The second kappa shape index (κ2) is 13.5. The lowest BCUT2D eigenvalue weighted by Gasteiger charge is -2.36. The molecule has 1 aliphatic rings. The lowest BCUT2D eigenvalue weighted by molar-refractivity contribution is -0.144. The van der Waals surface area contributed by atoms with Gasteiger partial charge in [-0.25, -0.2) is 13.2 Å². The monoisotopic (exact) mass is 637 g/mol. The zero-order chi connectivity index (χ0) is 33.1. The predicted octanol–water partition coefficient (Wildman–Crippen LogP) is 5.55. The number of fused-ring (bicyclic) bond motifs is 1. The highest BCUT2D eigenvalue weighted by molar-refractivity contribution is 6.40. The lowest BCUT2D eigenvalue weighted by Crippen LogP contribution is -2.51. The van der Waals surface area contributed by atoms with Crippen LogP contribution in [0.15, 0.2) is 102 Å². The van der Waals surface area contributed by atoms with Gasteiger partial charge in [-0.3, -0.25) is 19.2 Å². The molecule has 0 N–H and O–H groups in total. The van der Waals surface area contributed by atoms with E-state index in [1.807, 2.05) is 42.5 Å². The zero-order valence-electron chi connectivity index (χ0n) is 25.3. The molecule has 10 heteroatoms. The van der Waals surface area contributed by atoms with Gasteiger partial charge in [0.25, 0.3) is 11.5 Å². The molecule has 5 aromatic rings. The molecule has 0 bridgehead atoms. The smallest absolute Gasteiger partial charge is 0.290 e. The molecule has 1 amide bonds. The Morgan fingerprint density at radius 3 is 2.11 bits per heavy atom. The van der Waals surface area contributed by atoms with Crippen molar-refractivity contribution in [2.45, 2.75) is 19.4 Å². The first-order valence-corrected chi connectivity index (χ1v) is 15.2. The first kappa shape index (κ1) is 31.5. The average Bonchev–Trinajstić information content (AvgIpc) is 3.08. The van der Waals surface area contributed by atoms with Crippen molar-refractivity contribution in [1.29, 1.82) is 0 Å². The van der Waals surface area contributed by atoms with E-state index in [0.717, 1.165) is 33.2 Å². The van der Waals surface area contributed by atoms with E-state index < -0.39 is 52.5 Å². The molecule has 0 saturated carbocycles. The molecule has 0 atom stereocenters. The summed E-state index contributed by atoms with van der Waals surface area (Å²) in [5, 5.41) is 2.17. The van der Waals surface area contributed by atoms with E-state index in [-0.39, 0.29) is 42.7 Å². The van der Waals surface area contributed by atoms with E-state index in [1.165, 1.54) is 41.4 Å². The van der Waals surface area contributed by atoms with Gasteiger partial charge in [0, 0.05) is 61.0 Å².